The average Bonchev–Trinajstić information content (AvgIpc) is 2.61. The first-order chi connectivity index (χ1) is 10.9. The van der Waals surface area contributed by atoms with Crippen molar-refractivity contribution in [2.75, 3.05) is 23.3 Å². The molecule has 110 valence electrons. The van der Waals surface area contributed by atoms with Crippen LogP contribution in [0.5, 0.6) is 0 Å². The van der Waals surface area contributed by atoms with Gasteiger partial charge in [0.15, 0.2) is 0 Å². The zero-order valence-corrected chi connectivity index (χ0v) is 12.1. The molecule has 0 aliphatic rings. The van der Waals surface area contributed by atoms with Gasteiger partial charge in [0, 0.05) is 31.7 Å². The van der Waals surface area contributed by atoms with Crippen molar-refractivity contribution in [2.45, 2.75) is 0 Å². The van der Waals surface area contributed by atoms with Crippen molar-refractivity contribution >= 4 is 17.5 Å². The van der Waals surface area contributed by atoms with Gasteiger partial charge in [-0.1, -0.05) is 18.2 Å². The molecule has 3 aromatic heterocycles. The van der Waals surface area contributed by atoms with Crippen LogP contribution in [0.1, 0.15) is 0 Å². The lowest BCUT2D eigenvalue weighted by Crippen LogP contribution is -2.26. The van der Waals surface area contributed by atoms with Crippen LogP contribution in [0.2, 0.25) is 0 Å². The fourth-order valence-electron chi connectivity index (χ4n) is 2.14. The third-order valence-corrected chi connectivity index (χ3v) is 3.16. The SMILES string of the molecule is c1ccc(NCCN(c2ccccn2)c2ccccn2)nc1. The molecule has 0 amide bonds. The van der Waals surface area contributed by atoms with Crippen LogP contribution in [0.25, 0.3) is 0 Å². The Labute approximate surface area is 129 Å². The van der Waals surface area contributed by atoms with Gasteiger partial charge in [-0.2, -0.15) is 0 Å². The number of pyridine rings is 3. The van der Waals surface area contributed by atoms with Crippen molar-refractivity contribution in [3.63, 3.8) is 0 Å². The molecule has 0 aromatic carbocycles. The van der Waals surface area contributed by atoms with E-state index in [1.807, 2.05) is 54.6 Å². The Bertz CT molecular complexity index is 634. The summed E-state index contributed by atoms with van der Waals surface area (Å²) in [5.41, 5.74) is 0. The van der Waals surface area contributed by atoms with Gasteiger partial charge in [-0.15, -0.1) is 0 Å². The molecule has 0 atom stereocenters. The molecular weight excluding hydrogens is 274 g/mol. The van der Waals surface area contributed by atoms with Crippen LogP contribution in [0.3, 0.4) is 0 Å². The van der Waals surface area contributed by atoms with E-state index >= 15 is 0 Å². The molecule has 0 unspecified atom stereocenters. The second-order valence-corrected chi connectivity index (χ2v) is 4.67. The topological polar surface area (TPSA) is 53.9 Å². The Morgan fingerprint density at radius 3 is 1.82 bits per heavy atom. The lowest BCUT2D eigenvalue weighted by atomic mass is 10.3. The summed E-state index contributed by atoms with van der Waals surface area (Å²) in [5, 5.41) is 3.31. The summed E-state index contributed by atoms with van der Waals surface area (Å²) in [5.74, 6) is 2.62. The van der Waals surface area contributed by atoms with Gasteiger partial charge in [0.2, 0.25) is 0 Å². The standard InChI is InChI=1S/C17H17N5/c1-4-10-18-15(7-1)19-13-14-22(16-8-2-5-11-20-16)17-9-3-6-12-21-17/h1-12H,13-14H2,(H,18,19). The van der Waals surface area contributed by atoms with E-state index in [1.54, 1.807) is 18.6 Å². The van der Waals surface area contributed by atoms with Crippen LogP contribution in [0.15, 0.2) is 73.2 Å². The average molecular weight is 291 g/mol. The Balaban J connectivity index is 1.72. The number of anilines is 3. The predicted molar refractivity (Wildman–Crippen MR) is 88.2 cm³/mol. The molecule has 3 rings (SSSR count). The Hall–Kier alpha value is -2.95. The van der Waals surface area contributed by atoms with Crippen LogP contribution < -0.4 is 10.2 Å². The summed E-state index contributed by atoms with van der Waals surface area (Å²) in [6.07, 6.45) is 5.35. The van der Waals surface area contributed by atoms with Gasteiger partial charge < -0.3 is 10.2 Å². The summed E-state index contributed by atoms with van der Waals surface area (Å²) in [6, 6.07) is 17.5. The predicted octanol–water partition coefficient (Wildman–Crippen LogP) is 3.12. The van der Waals surface area contributed by atoms with Crippen LogP contribution in [-0.2, 0) is 0 Å². The summed E-state index contributed by atoms with van der Waals surface area (Å²) in [4.78, 5) is 15.2. The minimum absolute atomic E-state index is 0.740. The van der Waals surface area contributed by atoms with E-state index in [1.165, 1.54) is 0 Å². The second-order valence-electron chi connectivity index (χ2n) is 4.67. The van der Waals surface area contributed by atoms with Gasteiger partial charge in [-0.05, 0) is 36.4 Å². The molecular formula is C17H17N5. The zero-order valence-electron chi connectivity index (χ0n) is 12.1. The van der Waals surface area contributed by atoms with Crippen LogP contribution in [-0.4, -0.2) is 28.0 Å². The molecule has 0 saturated carbocycles. The van der Waals surface area contributed by atoms with Crippen molar-refractivity contribution in [1.29, 1.82) is 0 Å². The second kappa shape index (κ2) is 7.17. The highest BCUT2D eigenvalue weighted by atomic mass is 15.2. The van der Waals surface area contributed by atoms with Gasteiger partial charge in [-0.25, -0.2) is 15.0 Å². The number of aromatic nitrogens is 3. The molecule has 0 spiro atoms. The number of nitrogens with one attached hydrogen (secondary N) is 1. The summed E-state index contributed by atoms with van der Waals surface area (Å²) < 4.78 is 0. The lowest BCUT2D eigenvalue weighted by Gasteiger charge is -2.22. The van der Waals surface area contributed by atoms with Crippen molar-refractivity contribution in [1.82, 2.24) is 15.0 Å². The molecule has 0 aliphatic heterocycles. The zero-order chi connectivity index (χ0) is 15.0. The largest absolute Gasteiger partial charge is 0.368 e. The Kier molecular flexibility index (Phi) is 4.57. The van der Waals surface area contributed by atoms with Gasteiger partial charge in [-0.3, -0.25) is 0 Å². The monoisotopic (exact) mass is 291 g/mol. The molecule has 5 heteroatoms. The molecule has 0 radical (unpaired) electrons. The number of rotatable bonds is 6. The fourth-order valence-corrected chi connectivity index (χ4v) is 2.14. The lowest BCUT2D eigenvalue weighted by molar-refractivity contribution is 0.911. The molecule has 0 aliphatic carbocycles. The minimum atomic E-state index is 0.740. The summed E-state index contributed by atoms with van der Waals surface area (Å²) >= 11 is 0. The number of hydrogen-bond donors (Lipinski definition) is 1. The fraction of sp³-hybridized carbons (Fsp3) is 0.118. The van der Waals surface area contributed by atoms with Crippen LogP contribution >= 0.6 is 0 Å². The molecule has 3 heterocycles. The third-order valence-electron chi connectivity index (χ3n) is 3.16. The van der Waals surface area contributed by atoms with Crippen molar-refractivity contribution in [3.05, 3.63) is 73.2 Å². The maximum atomic E-state index is 4.42. The van der Waals surface area contributed by atoms with Gasteiger partial charge in [0.05, 0.1) is 0 Å². The van der Waals surface area contributed by atoms with E-state index in [4.69, 9.17) is 0 Å². The van der Waals surface area contributed by atoms with Crippen molar-refractivity contribution in [2.24, 2.45) is 0 Å². The smallest absolute Gasteiger partial charge is 0.134 e. The van der Waals surface area contributed by atoms with E-state index in [0.29, 0.717) is 0 Å². The maximum absolute atomic E-state index is 4.42. The molecule has 0 bridgehead atoms. The normalized spacial score (nSPS) is 10.2. The van der Waals surface area contributed by atoms with Crippen molar-refractivity contribution < 1.29 is 0 Å². The number of hydrogen-bond acceptors (Lipinski definition) is 5. The van der Waals surface area contributed by atoms with Gasteiger partial charge >= 0.3 is 0 Å². The molecule has 22 heavy (non-hydrogen) atoms. The molecule has 0 fully saturated rings. The first kappa shape index (κ1) is 14.0. The summed E-state index contributed by atoms with van der Waals surface area (Å²) in [7, 11) is 0. The maximum Gasteiger partial charge on any atom is 0.134 e. The van der Waals surface area contributed by atoms with E-state index in [2.05, 4.69) is 25.2 Å². The van der Waals surface area contributed by atoms with E-state index < -0.39 is 0 Å². The molecule has 3 aromatic rings. The van der Waals surface area contributed by atoms with Crippen LogP contribution in [0, 0.1) is 0 Å². The third kappa shape index (κ3) is 3.58. The Morgan fingerprint density at radius 2 is 1.32 bits per heavy atom. The van der Waals surface area contributed by atoms with Gasteiger partial charge in [0.1, 0.15) is 17.5 Å². The van der Waals surface area contributed by atoms with E-state index in [9.17, 15) is 0 Å². The highest BCUT2D eigenvalue weighted by Gasteiger charge is 2.10. The molecule has 5 nitrogen and oxygen atoms in total. The van der Waals surface area contributed by atoms with E-state index in [-0.39, 0.29) is 0 Å². The number of nitrogens with zero attached hydrogens (tertiary/aromatic N) is 4. The summed E-state index contributed by atoms with van der Waals surface area (Å²) in [6.45, 7) is 1.48. The molecule has 0 saturated heterocycles. The van der Waals surface area contributed by atoms with Crippen LogP contribution in [0.4, 0.5) is 17.5 Å². The van der Waals surface area contributed by atoms with E-state index in [0.717, 1.165) is 30.5 Å². The highest BCUT2D eigenvalue weighted by Crippen LogP contribution is 2.19. The Morgan fingerprint density at radius 1 is 0.727 bits per heavy atom. The minimum Gasteiger partial charge on any atom is -0.368 e. The highest BCUT2D eigenvalue weighted by molar-refractivity contribution is 5.55. The quantitative estimate of drug-likeness (QED) is 0.756. The first-order valence-electron chi connectivity index (χ1n) is 7.18. The van der Waals surface area contributed by atoms with Gasteiger partial charge in [0.25, 0.3) is 0 Å². The first-order valence-corrected chi connectivity index (χ1v) is 7.18. The van der Waals surface area contributed by atoms with Crippen molar-refractivity contribution in [3.8, 4) is 0 Å². The molecule has 1 N–H and O–H groups in total.